The minimum absolute atomic E-state index is 0.0924. The zero-order valence-corrected chi connectivity index (χ0v) is 14.6. The van der Waals surface area contributed by atoms with E-state index in [0.717, 1.165) is 13.0 Å². The average molecular weight is 348 g/mol. The van der Waals surface area contributed by atoms with Crippen molar-refractivity contribution in [1.29, 1.82) is 0 Å². The number of benzene rings is 1. The Morgan fingerprint density at radius 3 is 2.59 bits per heavy atom. The Morgan fingerprint density at radius 1 is 1.32 bits per heavy atom. The van der Waals surface area contributed by atoms with Gasteiger partial charge in [0, 0.05) is 11.6 Å². The normalized spacial score (nSPS) is 11.7. The van der Waals surface area contributed by atoms with E-state index >= 15 is 0 Å². The molecule has 2 N–H and O–H groups in total. The fraction of sp³-hybridized carbons (Fsp3) is 0.500. The van der Waals surface area contributed by atoms with Crippen LogP contribution in [0, 0.1) is 6.92 Å². The molecule has 0 bridgehead atoms. The van der Waals surface area contributed by atoms with Gasteiger partial charge in [-0.15, -0.1) is 0 Å². The molecular formula is C14H22ClN3O3S. The van der Waals surface area contributed by atoms with Crippen LogP contribution < -0.4 is 10.0 Å². The molecule has 0 aliphatic heterocycles. The van der Waals surface area contributed by atoms with Crippen molar-refractivity contribution < 1.29 is 13.2 Å². The minimum Gasteiger partial charge on any atom is -0.355 e. The number of carbonyl (C=O) groups excluding carboxylic acids is 1. The molecule has 0 aromatic heterocycles. The van der Waals surface area contributed by atoms with Crippen molar-refractivity contribution in [3.8, 4) is 0 Å². The highest BCUT2D eigenvalue weighted by Gasteiger charge is 2.16. The van der Waals surface area contributed by atoms with Crippen molar-refractivity contribution in [2.24, 2.45) is 0 Å². The van der Waals surface area contributed by atoms with Crippen LogP contribution in [0.2, 0.25) is 5.02 Å². The summed E-state index contributed by atoms with van der Waals surface area (Å²) >= 11 is 5.87. The smallest absolute Gasteiger partial charge is 0.241 e. The van der Waals surface area contributed by atoms with Gasteiger partial charge in [0.15, 0.2) is 0 Å². The van der Waals surface area contributed by atoms with Gasteiger partial charge in [0.2, 0.25) is 15.9 Å². The summed E-state index contributed by atoms with van der Waals surface area (Å²) in [6.45, 7) is 2.81. The molecule has 0 atom stereocenters. The first kappa shape index (κ1) is 18.9. The maximum atomic E-state index is 12.1. The fourth-order valence-electron chi connectivity index (χ4n) is 1.71. The average Bonchev–Trinajstić information content (AvgIpc) is 2.44. The Balaban J connectivity index is 2.48. The van der Waals surface area contributed by atoms with Crippen LogP contribution in [-0.4, -0.2) is 53.0 Å². The standard InChI is InChI=1S/C14H22ClN3O3S/c1-11-9-12(5-6-13(11)15)22(20,21)17-10-14(19)16-7-4-8-18(2)3/h5-6,9,17H,4,7-8,10H2,1-3H3,(H,16,19). The van der Waals surface area contributed by atoms with Crippen molar-refractivity contribution in [1.82, 2.24) is 14.9 Å². The largest absolute Gasteiger partial charge is 0.355 e. The van der Waals surface area contributed by atoms with Gasteiger partial charge in [-0.25, -0.2) is 13.1 Å². The summed E-state index contributed by atoms with van der Waals surface area (Å²) < 4.78 is 26.4. The zero-order chi connectivity index (χ0) is 16.8. The molecular weight excluding hydrogens is 326 g/mol. The molecule has 0 aliphatic carbocycles. The third-order valence-electron chi connectivity index (χ3n) is 2.97. The Morgan fingerprint density at radius 2 is 2.00 bits per heavy atom. The number of amides is 1. The van der Waals surface area contributed by atoms with Gasteiger partial charge in [-0.1, -0.05) is 11.6 Å². The Kier molecular flexibility index (Phi) is 7.28. The molecule has 0 saturated heterocycles. The van der Waals surface area contributed by atoms with Crippen molar-refractivity contribution >= 4 is 27.5 Å². The zero-order valence-electron chi connectivity index (χ0n) is 13.0. The summed E-state index contributed by atoms with van der Waals surface area (Å²) in [6, 6.07) is 4.40. The van der Waals surface area contributed by atoms with E-state index in [4.69, 9.17) is 11.6 Å². The number of aryl methyl sites for hydroxylation is 1. The van der Waals surface area contributed by atoms with Crippen LogP contribution in [-0.2, 0) is 14.8 Å². The molecule has 0 radical (unpaired) electrons. The number of hydrogen-bond acceptors (Lipinski definition) is 4. The van der Waals surface area contributed by atoms with Gasteiger partial charge < -0.3 is 10.2 Å². The highest BCUT2D eigenvalue weighted by atomic mass is 35.5. The SMILES string of the molecule is Cc1cc(S(=O)(=O)NCC(=O)NCCCN(C)C)ccc1Cl. The number of nitrogens with zero attached hydrogens (tertiary/aromatic N) is 1. The van der Waals surface area contributed by atoms with Crippen LogP contribution in [0.5, 0.6) is 0 Å². The second-order valence-electron chi connectivity index (χ2n) is 5.24. The minimum atomic E-state index is -3.72. The number of rotatable bonds is 8. The second-order valence-corrected chi connectivity index (χ2v) is 7.42. The highest BCUT2D eigenvalue weighted by Crippen LogP contribution is 2.19. The topological polar surface area (TPSA) is 78.5 Å². The molecule has 0 saturated carbocycles. The van der Waals surface area contributed by atoms with E-state index in [2.05, 4.69) is 10.0 Å². The number of hydrogen-bond donors (Lipinski definition) is 2. The van der Waals surface area contributed by atoms with E-state index in [1.54, 1.807) is 6.92 Å². The predicted molar refractivity (Wildman–Crippen MR) is 87.6 cm³/mol. The first-order chi connectivity index (χ1) is 10.2. The fourth-order valence-corrected chi connectivity index (χ4v) is 2.90. The molecule has 0 aliphatic rings. The van der Waals surface area contributed by atoms with Gasteiger partial charge in [-0.2, -0.15) is 0 Å². The van der Waals surface area contributed by atoms with E-state index in [1.807, 2.05) is 19.0 Å². The molecule has 0 unspecified atom stereocenters. The summed E-state index contributed by atoms with van der Waals surface area (Å²) in [4.78, 5) is 13.7. The van der Waals surface area contributed by atoms with Crippen molar-refractivity contribution in [2.45, 2.75) is 18.2 Å². The molecule has 1 rings (SSSR count). The van der Waals surface area contributed by atoms with Crippen molar-refractivity contribution in [3.63, 3.8) is 0 Å². The summed E-state index contributed by atoms with van der Waals surface area (Å²) in [5.41, 5.74) is 0.665. The molecule has 6 nitrogen and oxygen atoms in total. The van der Waals surface area contributed by atoms with E-state index in [9.17, 15) is 13.2 Å². The van der Waals surface area contributed by atoms with Crippen molar-refractivity contribution in [3.05, 3.63) is 28.8 Å². The molecule has 8 heteroatoms. The molecule has 0 heterocycles. The van der Waals surface area contributed by atoms with Gasteiger partial charge in [0.1, 0.15) is 0 Å². The molecule has 124 valence electrons. The quantitative estimate of drug-likeness (QED) is 0.687. The van der Waals surface area contributed by atoms with E-state index in [0.29, 0.717) is 17.1 Å². The second kappa shape index (κ2) is 8.47. The predicted octanol–water partition coefficient (Wildman–Crippen LogP) is 0.995. The van der Waals surface area contributed by atoms with Crippen LogP contribution in [0.15, 0.2) is 23.1 Å². The Bertz CT molecular complexity index is 618. The summed E-state index contributed by atoms with van der Waals surface area (Å²) in [6.07, 6.45) is 0.807. The van der Waals surface area contributed by atoms with Crippen LogP contribution in [0.1, 0.15) is 12.0 Å². The maximum absolute atomic E-state index is 12.1. The number of carbonyl (C=O) groups is 1. The van der Waals surface area contributed by atoms with Gasteiger partial charge in [0.05, 0.1) is 11.4 Å². The third-order valence-corrected chi connectivity index (χ3v) is 4.79. The highest BCUT2D eigenvalue weighted by molar-refractivity contribution is 7.89. The van der Waals surface area contributed by atoms with Gasteiger partial charge in [-0.3, -0.25) is 4.79 Å². The van der Waals surface area contributed by atoms with Crippen molar-refractivity contribution in [2.75, 3.05) is 33.7 Å². The summed E-state index contributed by atoms with van der Waals surface area (Å²) in [5, 5.41) is 3.17. The summed E-state index contributed by atoms with van der Waals surface area (Å²) in [7, 11) is 0.181. The van der Waals surface area contributed by atoms with Crippen LogP contribution in [0.4, 0.5) is 0 Å². The lowest BCUT2D eigenvalue weighted by atomic mass is 10.2. The number of nitrogens with one attached hydrogen (secondary N) is 2. The molecule has 1 amide bonds. The van der Waals surface area contributed by atoms with E-state index in [-0.39, 0.29) is 17.3 Å². The van der Waals surface area contributed by atoms with Gasteiger partial charge in [-0.05, 0) is 57.7 Å². The first-order valence-electron chi connectivity index (χ1n) is 6.89. The molecule has 0 spiro atoms. The molecule has 1 aromatic carbocycles. The Labute approximate surface area is 136 Å². The number of halogens is 1. The van der Waals surface area contributed by atoms with Gasteiger partial charge in [0.25, 0.3) is 0 Å². The number of sulfonamides is 1. The lowest BCUT2D eigenvalue weighted by molar-refractivity contribution is -0.119. The maximum Gasteiger partial charge on any atom is 0.241 e. The Hall–Kier alpha value is -1.15. The third kappa shape index (κ3) is 6.31. The van der Waals surface area contributed by atoms with Crippen LogP contribution in [0.25, 0.3) is 0 Å². The first-order valence-corrected chi connectivity index (χ1v) is 8.76. The lowest BCUT2D eigenvalue weighted by Crippen LogP contribution is -2.37. The monoisotopic (exact) mass is 347 g/mol. The van der Waals surface area contributed by atoms with Crippen LogP contribution in [0.3, 0.4) is 0 Å². The molecule has 0 fully saturated rings. The van der Waals surface area contributed by atoms with E-state index in [1.165, 1.54) is 18.2 Å². The molecule has 1 aromatic rings. The van der Waals surface area contributed by atoms with Crippen LogP contribution >= 0.6 is 11.6 Å². The van der Waals surface area contributed by atoms with Gasteiger partial charge >= 0.3 is 0 Å². The lowest BCUT2D eigenvalue weighted by Gasteiger charge is -2.11. The summed E-state index contributed by atoms with van der Waals surface area (Å²) in [5.74, 6) is -0.354. The molecule has 22 heavy (non-hydrogen) atoms. The van der Waals surface area contributed by atoms with E-state index < -0.39 is 10.0 Å².